The molecule has 2 saturated carbocycles. The molecule has 2 aliphatic rings. The lowest BCUT2D eigenvalue weighted by atomic mass is 10.0. The molecule has 0 bridgehead atoms. The number of halogens is 3. The van der Waals surface area contributed by atoms with Gasteiger partial charge in [0.15, 0.2) is 17.2 Å². The summed E-state index contributed by atoms with van der Waals surface area (Å²) in [6.07, 6.45) is 2.45. The van der Waals surface area contributed by atoms with Gasteiger partial charge in [0.1, 0.15) is 11.3 Å². The highest BCUT2D eigenvalue weighted by Crippen LogP contribution is 2.44. The Hall–Kier alpha value is -4.21. The Kier molecular flexibility index (Phi) is 5.30. The van der Waals surface area contributed by atoms with E-state index in [4.69, 9.17) is 4.98 Å². The highest BCUT2D eigenvalue weighted by atomic mass is 19.4. The fraction of sp³-hybridized carbons (Fsp3) is 0.310. The number of fused-ring (bicyclic) bond motifs is 1. The van der Waals surface area contributed by atoms with Crippen molar-refractivity contribution in [2.75, 3.05) is 0 Å². The monoisotopic (exact) mass is 530 g/mol. The van der Waals surface area contributed by atoms with Crippen molar-refractivity contribution in [2.45, 2.75) is 50.4 Å². The minimum Gasteiger partial charge on any atom is -0.333 e. The van der Waals surface area contributed by atoms with Crippen LogP contribution in [0, 0.1) is 0 Å². The average Bonchev–Trinajstić information content (AvgIpc) is 3.86. The van der Waals surface area contributed by atoms with Crippen LogP contribution < -0.4 is 5.69 Å². The molecule has 0 N–H and O–H groups in total. The van der Waals surface area contributed by atoms with E-state index < -0.39 is 11.9 Å². The molecular weight excluding hydrogens is 505 g/mol. The number of benzene rings is 2. The zero-order chi connectivity index (χ0) is 26.9. The molecule has 0 aliphatic heterocycles. The minimum absolute atomic E-state index is 0.127. The first-order chi connectivity index (χ1) is 18.8. The fourth-order valence-corrected chi connectivity index (χ4v) is 5.28. The van der Waals surface area contributed by atoms with Crippen molar-refractivity contribution in [3.63, 3.8) is 0 Å². The first kappa shape index (κ1) is 23.9. The zero-order valence-corrected chi connectivity index (χ0v) is 21.2. The lowest BCUT2D eigenvalue weighted by Crippen LogP contribution is -2.24. The smallest absolute Gasteiger partial charge is 0.333 e. The van der Waals surface area contributed by atoms with Crippen molar-refractivity contribution < 1.29 is 13.2 Å². The SMILES string of the molecule is Cn1cc(C(F)(F)F)nc1-c1ccc(Cn2c(=O)n(C3CC3)c3cnc(-c4ccccc4C4CC4)nc32)cc1. The molecule has 2 aromatic carbocycles. The second-order valence-corrected chi connectivity index (χ2v) is 10.5. The van der Waals surface area contributed by atoms with Crippen molar-refractivity contribution in [3.8, 4) is 22.8 Å². The predicted octanol–water partition coefficient (Wildman–Crippen LogP) is 5.94. The van der Waals surface area contributed by atoms with Gasteiger partial charge in [0.05, 0.1) is 12.7 Å². The first-order valence-electron chi connectivity index (χ1n) is 13.0. The third-order valence-electron chi connectivity index (χ3n) is 7.55. The Labute approximate surface area is 221 Å². The van der Waals surface area contributed by atoms with Crippen LogP contribution in [0.25, 0.3) is 33.9 Å². The molecule has 2 fully saturated rings. The van der Waals surface area contributed by atoms with Crippen LogP contribution in [0.3, 0.4) is 0 Å². The molecule has 0 spiro atoms. The summed E-state index contributed by atoms with van der Waals surface area (Å²) in [5, 5.41) is 0. The third kappa shape index (κ3) is 4.24. The van der Waals surface area contributed by atoms with Crippen LogP contribution in [-0.2, 0) is 19.8 Å². The molecule has 0 saturated heterocycles. The van der Waals surface area contributed by atoms with Crippen molar-refractivity contribution in [1.29, 1.82) is 0 Å². The molecular formula is C29H25F3N6O. The normalized spacial score (nSPS) is 15.8. The number of imidazole rings is 2. The van der Waals surface area contributed by atoms with E-state index in [9.17, 15) is 18.0 Å². The van der Waals surface area contributed by atoms with Crippen LogP contribution in [0.2, 0.25) is 0 Å². The van der Waals surface area contributed by atoms with Crippen molar-refractivity contribution >= 4 is 11.2 Å². The molecule has 10 heteroatoms. The molecule has 7 nitrogen and oxygen atoms in total. The van der Waals surface area contributed by atoms with Gasteiger partial charge >= 0.3 is 11.9 Å². The lowest BCUT2D eigenvalue weighted by molar-refractivity contribution is -0.140. The van der Waals surface area contributed by atoms with Gasteiger partial charge in [-0.2, -0.15) is 13.2 Å². The second-order valence-electron chi connectivity index (χ2n) is 10.5. The molecule has 3 heterocycles. The molecule has 5 aromatic rings. The van der Waals surface area contributed by atoms with Gasteiger partial charge in [0, 0.05) is 30.4 Å². The van der Waals surface area contributed by atoms with Gasteiger partial charge in [-0.1, -0.05) is 48.5 Å². The molecule has 0 unspecified atom stereocenters. The summed E-state index contributed by atoms with van der Waals surface area (Å²) < 4.78 is 44.2. The van der Waals surface area contributed by atoms with Crippen LogP contribution in [0.5, 0.6) is 0 Å². The maximum Gasteiger partial charge on any atom is 0.434 e. The molecule has 2 aliphatic carbocycles. The second kappa shape index (κ2) is 8.65. The van der Waals surface area contributed by atoms with E-state index in [1.54, 1.807) is 27.5 Å². The maximum absolute atomic E-state index is 13.6. The lowest BCUT2D eigenvalue weighted by Gasteiger charge is -2.09. The third-order valence-corrected chi connectivity index (χ3v) is 7.55. The number of hydrogen-bond donors (Lipinski definition) is 0. The van der Waals surface area contributed by atoms with Crippen molar-refractivity contribution in [3.05, 3.63) is 88.2 Å². The maximum atomic E-state index is 13.6. The molecule has 0 atom stereocenters. The largest absolute Gasteiger partial charge is 0.434 e. The molecule has 7 rings (SSSR count). The van der Waals surface area contributed by atoms with Gasteiger partial charge in [-0.05, 0) is 42.7 Å². The molecule has 0 amide bonds. The minimum atomic E-state index is -4.51. The number of rotatable bonds is 6. The standard InChI is InChI=1S/C29H25F3N6O/c1-36-16-24(29(30,31)32)34-26(36)19-8-6-17(7-9-19)15-37-27-23(38(28(37)39)20-12-13-20)14-33-25(35-27)22-5-3-2-4-21(22)18-10-11-18/h2-9,14,16,18,20H,10-13,15H2,1H3. The summed E-state index contributed by atoms with van der Waals surface area (Å²) >= 11 is 0. The van der Waals surface area contributed by atoms with E-state index in [-0.39, 0.29) is 24.1 Å². The summed E-state index contributed by atoms with van der Waals surface area (Å²) in [7, 11) is 1.54. The summed E-state index contributed by atoms with van der Waals surface area (Å²) in [5.41, 5.74) is 3.89. The summed E-state index contributed by atoms with van der Waals surface area (Å²) in [6.45, 7) is 0.282. The van der Waals surface area contributed by atoms with E-state index in [2.05, 4.69) is 16.0 Å². The summed E-state index contributed by atoms with van der Waals surface area (Å²) in [5.74, 6) is 1.36. The van der Waals surface area contributed by atoms with E-state index in [0.29, 0.717) is 23.0 Å². The van der Waals surface area contributed by atoms with Crippen LogP contribution >= 0.6 is 0 Å². The highest BCUT2D eigenvalue weighted by Gasteiger charge is 2.35. The van der Waals surface area contributed by atoms with Crippen LogP contribution in [-0.4, -0.2) is 28.7 Å². The van der Waals surface area contributed by atoms with Gasteiger partial charge < -0.3 is 4.57 Å². The summed E-state index contributed by atoms with van der Waals surface area (Å²) in [4.78, 5) is 26.9. The van der Waals surface area contributed by atoms with Gasteiger partial charge in [0.2, 0.25) is 0 Å². The number of aryl methyl sites for hydroxylation is 1. The molecule has 0 radical (unpaired) electrons. The Balaban J connectivity index is 1.27. The predicted molar refractivity (Wildman–Crippen MR) is 140 cm³/mol. The van der Waals surface area contributed by atoms with Crippen LogP contribution in [0.1, 0.15) is 54.5 Å². The Morgan fingerprint density at radius 2 is 1.72 bits per heavy atom. The fourth-order valence-electron chi connectivity index (χ4n) is 5.28. The van der Waals surface area contributed by atoms with Crippen LogP contribution in [0.15, 0.2) is 65.7 Å². The van der Waals surface area contributed by atoms with Crippen molar-refractivity contribution in [1.82, 2.24) is 28.7 Å². The number of hydrogen-bond acceptors (Lipinski definition) is 4. The average molecular weight is 531 g/mol. The quantitative estimate of drug-likeness (QED) is 0.273. The van der Waals surface area contributed by atoms with Gasteiger partial charge in [0.25, 0.3) is 0 Å². The van der Waals surface area contributed by atoms with Gasteiger partial charge in [-0.15, -0.1) is 0 Å². The topological polar surface area (TPSA) is 70.5 Å². The van der Waals surface area contributed by atoms with Gasteiger partial charge in [-0.3, -0.25) is 9.13 Å². The first-order valence-corrected chi connectivity index (χ1v) is 13.0. The van der Waals surface area contributed by atoms with E-state index in [0.717, 1.165) is 48.5 Å². The van der Waals surface area contributed by atoms with Gasteiger partial charge in [-0.25, -0.2) is 19.7 Å². The van der Waals surface area contributed by atoms with E-state index >= 15 is 0 Å². The zero-order valence-electron chi connectivity index (χ0n) is 21.2. The summed E-state index contributed by atoms with van der Waals surface area (Å²) in [6, 6.07) is 15.4. The van der Waals surface area contributed by atoms with E-state index in [1.807, 2.05) is 30.3 Å². The number of alkyl halides is 3. The van der Waals surface area contributed by atoms with E-state index in [1.165, 1.54) is 17.2 Å². The Morgan fingerprint density at radius 1 is 0.974 bits per heavy atom. The molecule has 198 valence electrons. The number of aromatic nitrogens is 6. The van der Waals surface area contributed by atoms with Crippen molar-refractivity contribution in [2.24, 2.45) is 7.05 Å². The molecule has 3 aromatic heterocycles. The van der Waals surface area contributed by atoms with Crippen LogP contribution in [0.4, 0.5) is 13.2 Å². The highest BCUT2D eigenvalue weighted by molar-refractivity contribution is 5.75. The molecule has 39 heavy (non-hydrogen) atoms. The Bertz CT molecular complexity index is 1770. The Morgan fingerprint density at radius 3 is 2.38 bits per heavy atom. The number of nitrogens with zero attached hydrogens (tertiary/aromatic N) is 6.